The Morgan fingerprint density at radius 3 is 2.57 bits per heavy atom. The molecule has 1 heterocycles. The molecule has 1 aliphatic carbocycles. The molecule has 0 amide bonds. The highest BCUT2D eigenvalue weighted by atomic mass is 79.9. The minimum Gasteiger partial charge on any atom is -0.313 e. The van der Waals surface area contributed by atoms with Crippen LogP contribution in [-0.2, 0) is 6.42 Å². The monoisotopic (exact) mass is 348 g/mol. The Labute approximate surface area is 132 Å². The van der Waals surface area contributed by atoms with Gasteiger partial charge in [0.15, 0.2) is 0 Å². The maximum Gasteiger partial charge on any atom is 0.123 e. The standard InChI is InChI=1S/C17H18BrFN2/c18-14-3-6-17(21-11-14)9-13(10-20-16-7-8-16)12-1-4-15(19)5-2-12/h1-6,11,13,16,20H,7-10H2. The van der Waals surface area contributed by atoms with Crippen LogP contribution in [0.5, 0.6) is 0 Å². The minimum absolute atomic E-state index is 0.186. The summed E-state index contributed by atoms with van der Waals surface area (Å²) in [5.74, 6) is 0.134. The van der Waals surface area contributed by atoms with E-state index in [2.05, 4.69) is 26.2 Å². The van der Waals surface area contributed by atoms with Gasteiger partial charge in [0, 0.05) is 34.9 Å². The Morgan fingerprint density at radius 1 is 1.19 bits per heavy atom. The van der Waals surface area contributed by atoms with Crippen molar-refractivity contribution in [2.24, 2.45) is 0 Å². The summed E-state index contributed by atoms with van der Waals surface area (Å²) >= 11 is 3.41. The van der Waals surface area contributed by atoms with E-state index in [1.165, 1.54) is 25.0 Å². The lowest BCUT2D eigenvalue weighted by Crippen LogP contribution is -2.25. The second kappa shape index (κ2) is 6.67. The van der Waals surface area contributed by atoms with E-state index in [9.17, 15) is 4.39 Å². The molecule has 4 heteroatoms. The topological polar surface area (TPSA) is 24.9 Å². The summed E-state index contributed by atoms with van der Waals surface area (Å²) in [7, 11) is 0. The zero-order chi connectivity index (χ0) is 14.7. The predicted octanol–water partition coefficient (Wildman–Crippen LogP) is 4.06. The molecule has 1 atom stereocenters. The maximum atomic E-state index is 13.1. The number of hydrogen-bond acceptors (Lipinski definition) is 2. The highest BCUT2D eigenvalue weighted by molar-refractivity contribution is 9.10. The van der Waals surface area contributed by atoms with Crippen LogP contribution in [-0.4, -0.2) is 17.6 Å². The fourth-order valence-electron chi connectivity index (χ4n) is 2.42. The molecule has 3 rings (SSSR count). The van der Waals surface area contributed by atoms with Crippen molar-refractivity contribution in [2.45, 2.75) is 31.2 Å². The van der Waals surface area contributed by atoms with Gasteiger partial charge in [0.05, 0.1) is 0 Å². The van der Waals surface area contributed by atoms with E-state index < -0.39 is 0 Å². The van der Waals surface area contributed by atoms with Gasteiger partial charge in [0.1, 0.15) is 5.82 Å². The van der Waals surface area contributed by atoms with Crippen LogP contribution in [0.4, 0.5) is 4.39 Å². The van der Waals surface area contributed by atoms with Crippen LogP contribution in [0.25, 0.3) is 0 Å². The van der Waals surface area contributed by atoms with Crippen molar-refractivity contribution in [3.8, 4) is 0 Å². The molecular weight excluding hydrogens is 331 g/mol. The van der Waals surface area contributed by atoms with E-state index in [0.29, 0.717) is 12.0 Å². The first kappa shape index (κ1) is 14.7. The number of halogens is 2. The van der Waals surface area contributed by atoms with Gasteiger partial charge >= 0.3 is 0 Å². The van der Waals surface area contributed by atoms with Crippen molar-refractivity contribution < 1.29 is 4.39 Å². The summed E-state index contributed by atoms with van der Waals surface area (Å²) in [4.78, 5) is 4.46. The number of hydrogen-bond donors (Lipinski definition) is 1. The van der Waals surface area contributed by atoms with Crippen molar-refractivity contribution in [3.63, 3.8) is 0 Å². The van der Waals surface area contributed by atoms with Crippen molar-refractivity contribution in [2.75, 3.05) is 6.54 Å². The summed E-state index contributed by atoms with van der Waals surface area (Å²) in [6, 6.07) is 11.6. The molecule has 0 bridgehead atoms. The van der Waals surface area contributed by atoms with Gasteiger partial charge < -0.3 is 5.32 Å². The first-order chi connectivity index (χ1) is 10.2. The third-order valence-corrected chi connectivity index (χ3v) is 4.28. The molecule has 1 fully saturated rings. The fourth-order valence-corrected chi connectivity index (χ4v) is 2.65. The zero-order valence-corrected chi connectivity index (χ0v) is 13.3. The van der Waals surface area contributed by atoms with Gasteiger partial charge in [-0.2, -0.15) is 0 Å². The largest absolute Gasteiger partial charge is 0.313 e. The molecule has 0 spiro atoms. The Balaban J connectivity index is 1.73. The van der Waals surface area contributed by atoms with E-state index in [0.717, 1.165) is 28.7 Å². The van der Waals surface area contributed by atoms with Crippen LogP contribution in [0, 0.1) is 5.82 Å². The molecule has 0 aliphatic heterocycles. The van der Waals surface area contributed by atoms with Gasteiger partial charge in [-0.25, -0.2) is 4.39 Å². The summed E-state index contributed by atoms with van der Waals surface area (Å²) in [5, 5.41) is 3.57. The Kier molecular flexibility index (Phi) is 4.66. The first-order valence-electron chi connectivity index (χ1n) is 7.30. The molecule has 0 radical (unpaired) electrons. The lowest BCUT2D eigenvalue weighted by atomic mass is 9.93. The third-order valence-electron chi connectivity index (χ3n) is 3.82. The van der Waals surface area contributed by atoms with E-state index in [-0.39, 0.29) is 5.82 Å². The molecule has 1 aliphatic rings. The molecule has 1 unspecified atom stereocenters. The van der Waals surface area contributed by atoms with Gasteiger partial charge in [-0.1, -0.05) is 12.1 Å². The number of nitrogens with one attached hydrogen (secondary N) is 1. The summed E-state index contributed by atoms with van der Waals surface area (Å²) in [5.41, 5.74) is 2.22. The molecule has 1 aromatic carbocycles. The van der Waals surface area contributed by atoms with Crippen molar-refractivity contribution in [1.29, 1.82) is 0 Å². The van der Waals surface area contributed by atoms with E-state index >= 15 is 0 Å². The first-order valence-corrected chi connectivity index (χ1v) is 8.09. The lowest BCUT2D eigenvalue weighted by molar-refractivity contribution is 0.569. The Bertz CT molecular complexity index is 579. The highest BCUT2D eigenvalue weighted by Crippen LogP contribution is 2.24. The Morgan fingerprint density at radius 2 is 1.95 bits per heavy atom. The Hall–Kier alpha value is -1.26. The number of benzene rings is 1. The SMILES string of the molecule is Fc1ccc(C(CNC2CC2)Cc2ccc(Br)cn2)cc1. The van der Waals surface area contributed by atoms with E-state index in [1.54, 1.807) is 0 Å². The normalized spacial score (nSPS) is 15.9. The van der Waals surface area contributed by atoms with Crippen molar-refractivity contribution >= 4 is 15.9 Å². The second-order valence-corrected chi connectivity index (χ2v) is 6.52. The zero-order valence-electron chi connectivity index (χ0n) is 11.7. The number of aromatic nitrogens is 1. The number of pyridine rings is 1. The van der Waals surface area contributed by atoms with Gasteiger partial charge in [-0.05, 0) is 65.0 Å². The number of nitrogens with zero attached hydrogens (tertiary/aromatic N) is 1. The highest BCUT2D eigenvalue weighted by Gasteiger charge is 2.22. The average molecular weight is 349 g/mol. The summed E-state index contributed by atoms with van der Waals surface area (Å²) in [6.45, 7) is 0.911. The van der Waals surface area contributed by atoms with Crippen LogP contribution in [0.15, 0.2) is 47.1 Å². The maximum absolute atomic E-state index is 13.1. The molecule has 1 N–H and O–H groups in total. The minimum atomic E-state index is -0.186. The fraction of sp³-hybridized carbons (Fsp3) is 0.353. The lowest BCUT2D eigenvalue weighted by Gasteiger charge is -2.18. The summed E-state index contributed by atoms with van der Waals surface area (Å²) < 4.78 is 14.1. The van der Waals surface area contributed by atoms with E-state index in [1.807, 2.05) is 30.5 Å². The number of rotatable bonds is 6. The van der Waals surface area contributed by atoms with Crippen molar-refractivity contribution in [3.05, 3.63) is 64.1 Å². The molecule has 21 heavy (non-hydrogen) atoms. The van der Waals surface area contributed by atoms with Crippen LogP contribution in [0.2, 0.25) is 0 Å². The molecule has 0 saturated heterocycles. The van der Waals surface area contributed by atoms with Gasteiger partial charge in [-0.3, -0.25) is 4.98 Å². The van der Waals surface area contributed by atoms with Gasteiger partial charge in [-0.15, -0.1) is 0 Å². The van der Waals surface area contributed by atoms with Crippen LogP contribution < -0.4 is 5.32 Å². The van der Waals surface area contributed by atoms with Gasteiger partial charge in [0.25, 0.3) is 0 Å². The van der Waals surface area contributed by atoms with E-state index in [4.69, 9.17) is 0 Å². The second-order valence-electron chi connectivity index (χ2n) is 5.60. The molecule has 110 valence electrons. The van der Waals surface area contributed by atoms with Crippen LogP contribution in [0.3, 0.4) is 0 Å². The average Bonchev–Trinajstić information content (AvgIpc) is 3.31. The molecule has 1 saturated carbocycles. The van der Waals surface area contributed by atoms with Crippen LogP contribution >= 0.6 is 15.9 Å². The molecular formula is C17H18BrFN2. The quantitative estimate of drug-likeness (QED) is 0.851. The van der Waals surface area contributed by atoms with Gasteiger partial charge in [0.2, 0.25) is 0 Å². The smallest absolute Gasteiger partial charge is 0.123 e. The van der Waals surface area contributed by atoms with Crippen LogP contribution in [0.1, 0.15) is 30.0 Å². The molecule has 1 aromatic heterocycles. The molecule has 2 nitrogen and oxygen atoms in total. The molecule has 2 aromatic rings. The van der Waals surface area contributed by atoms with Crippen molar-refractivity contribution in [1.82, 2.24) is 10.3 Å². The summed E-state index contributed by atoms with van der Waals surface area (Å²) in [6.07, 6.45) is 5.23. The predicted molar refractivity (Wildman–Crippen MR) is 85.8 cm³/mol. The third kappa shape index (κ3) is 4.35.